The van der Waals surface area contributed by atoms with Crippen LogP contribution in [0, 0.1) is 0 Å². The summed E-state index contributed by atoms with van der Waals surface area (Å²) in [5.41, 5.74) is 3.20. The highest BCUT2D eigenvalue weighted by molar-refractivity contribution is 5.94. The molecule has 0 aliphatic rings. The summed E-state index contributed by atoms with van der Waals surface area (Å²) in [5.74, 6) is 1.47. The molecule has 0 amide bonds. The molecule has 0 aliphatic heterocycles. The second-order valence-corrected chi connectivity index (χ2v) is 5.25. The molecule has 5 heteroatoms. The Balaban J connectivity index is 1.86. The van der Waals surface area contributed by atoms with Gasteiger partial charge in [0.1, 0.15) is 17.9 Å². The quantitative estimate of drug-likeness (QED) is 0.717. The van der Waals surface area contributed by atoms with Crippen molar-refractivity contribution >= 4 is 17.3 Å². The molecule has 1 aromatic heterocycles. The fraction of sp³-hybridized carbons (Fsp3) is 0.105. The Bertz CT molecular complexity index is 860. The van der Waals surface area contributed by atoms with Crippen molar-refractivity contribution in [2.75, 3.05) is 12.4 Å². The van der Waals surface area contributed by atoms with E-state index in [-0.39, 0.29) is 5.78 Å². The van der Waals surface area contributed by atoms with Crippen LogP contribution < -0.4 is 10.1 Å². The molecule has 0 radical (unpaired) electrons. The summed E-state index contributed by atoms with van der Waals surface area (Å²) >= 11 is 0. The van der Waals surface area contributed by atoms with Crippen molar-refractivity contribution in [1.29, 1.82) is 0 Å². The van der Waals surface area contributed by atoms with Crippen LogP contribution >= 0.6 is 0 Å². The lowest BCUT2D eigenvalue weighted by Crippen LogP contribution is -1.97. The van der Waals surface area contributed by atoms with Gasteiger partial charge in [0.15, 0.2) is 5.78 Å². The van der Waals surface area contributed by atoms with E-state index in [2.05, 4.69) is 15.3 Å². The zero-order valence-corrected chi connectivity index (χ0v) is 13.5. The molecule has 0 saturated heterocycles. The van der Waals surface area contributed by atoms with Gasteiger partial charge in [-0.3, -0.25) is 4.79 Å². The Hall–Kier alpha value is -3.21. The van der Waals surface area contributed by atoms with Gasteiger partial charge in [0, 0.05) is 22.9 Å². The van der Waals surface area contributed by atoms with Crippen LogP contribution in [0.2, 0.25) is 0 Å². The number of methoxy groups -OCH3 is 1. The topological polar surface area (TPSA) is 64.1 Å². The van der Waals surface area contributed by atoms with Gasteiger partial charge in [0.2, 0.25) is 0 Å². The standard InChI is InChI=1S/C19H17N3O2/c1-13(23)14-7-9-15(10-8-14)22-19-11-17(20-12-21-19)16-5-3-4-6-18(16)24-2/h3-12H,1-2H3,(H,20,21,22). The van der Waals surface area contributed by atoms with E-state index in [0.29, 0.717) is 11.4 Å². The van der Waals surface area contributed by atoms with Gasteiger partial charge >= 0.3 is 0 Å². The number of para-hydroxylation sites is 1. The summed E-state index contributed by atoms with van der Waals surface area (Å²) in [7, 11) is 1.63. The SMILES string of the molecule is COc1ccccc1-c1cc(Nc2ccc(C(C)=O)cc2)ncn1. The number of Topliss-reactive ketones (excluding diaryl/α,β-unsaturated/α-hetero) is 1. The van der Waals surface area contributed by atoms with Crippen LogP contribution in [0.15, 0.2) is 60.9 Å². The highest BCUT2D eigenvalue weighted by atomic mass is 16.5. The first kappa shape index (κ1) is 15.7. The van der Waals surface area contributed by atoms with E-state index >= 15 is 0 Å². The van der Waals surface area contributed by atoms with Gasteiger partial charge < -0.3 is 10.1 Å². The number of ether oxygens (including phenoxy) is 1. The maximum Gasteiger partial charge on any atom is 0.159 e. The third kappa shape index (κ3) is 3.41. The summed E-state index contributed by atoms with van der Waals surface area (Å²) in [5, 5.41) is 3.21. The maximum absolute atomic E-state index is 11.3. The van der Waals surface area contributed by atoms with Crippen molar-refractivity contribution in [2.24, 2.45) is 0 Å². The summed E-state index contributed by atoms with van der Waals surface area (Å²) < 4.78 is 5.38. The Morgan fingerprint density at radius 2 is 1.79 bits per heavy atom. The van der Waals surface area contributed by atoms with Gasteiger partial charge in [0.25, 0.3) is 0 Å². The average Bonchev–Trinajstić information content (AvgIpc) is 2.62. The molecular formula is C19H17N3O2. The fourth-order valence-corrected chi connectivity index (χ4v) is 2.37. The molecule has 0 atom stereocenters. The van der Waals surface area contributed by atoms with E-state index in [9.17, 15) is 4.79 Å². The lowest BCUT2D eigenvalue weighted by Gasteiger charge is -2.10. The molecule has 1 heterocycles. The van der Waals surface area contributed by atoms with Crippen LogP contribution in [-0.2, 0) is 0 Å². The molecule has 0 bridgehead atoms. The summed E-state index contributed by atoms with van der Waals surface area (Å²) in [4.78, 5) is 19.9. The molecule has 1 N–H and O–H groups in total. The van der Waals surface area contributed by atoms with Crippen molar-refractivity contribution in [1.82, 2.24) is 9.97 Å². The molecule has 0 unspecified atom stereocenters. The third-order valence-electron chi connectivity index (χ3n) is 3.61. The first-order valence-corrected chi connectivity index (χ1v) is 7.51. The van der Waals surface area contributed by atoms with E-state index in [1.165, 1.54) is 6.33 Å². The van der Waals surface area contributed by atoms with Gasteiger partial charge in [-0.25, -0.2) is 9.97 Å². The zero-order valence-electron chi connectivity index (χ0n) is 13.5. The predicted molar refractivity (Wildman–Crippen MR) is 93.7 cm³/mol. The number of benzene rings is 2. The van der Waals surface area contributed by atoms with Crippen LogP contribution in [0.5, 0.6) is 5.75 Å². The molecule has 5 nitrogen and oxygen atoms in total. The Kier molecular flexibility index (Phi) is 4.52. The minimum absolute atomic E-state index is 0.0436. The number of carbonyl (C=O) groups excluding carboxylic acids is 1. The lowest BCUT2D eigenvalue weighted by molar-refractivity contribution is 0.101. The van der Waals surface area contributed by atoms with Gasteiger partial charge in [-0.2, -0.15) is 0 Å². The molecule has 0 spiro atoms. The second kappa shape index (κ2) is 6.91. The first-order chi connectivity index (χ1) is 11.7. The highest BCUT2D eigenvalue weighted by Crippen LogP contribution is 2.29. The van der Waals surface area contributed by atoms with Crippen LogP contribution in [0.25, 0.3) is 11.3 Å². The van der Waals surface area contributed by atoms with Crippen molar-refractivity contribution in [3.05, 3.63) is 66.5 Å². The molecule has 24 heavy (non-hydrogen) atoms. The van der Waals surface area contributed by atoms with Gasteiger partial charge in [-0.15, -0.1) is 0 Å². The summed E-state index contributed by atoms with van der Waals surface area (Å²) in [6, 6.07) is 16.8. The first-order valence-electron chi connectivity index (χ1n) is 7.51. The van der Waals surface area contributed by atoms with Crippen LogP contribution in [-0.4, -0.2) is 22.9 Å². The molecule has 0 saturated carbocycles. The molecular weight excluding hydrogens is 302 g/mol. The van der Waals surface area contributed by atoms with Crippen LogP contribution in [0.1, 0.15) is 17.3 Å². The monoisotopic (exact) mass is 319 g/mol. The number of hydrogen-bond donors (Lipinski definition) is 1. The Morgan fingerprint density at radius 3 is 2.50 bits per heavy atom. The van der Waals surface area contributed by atoms with Crippen molar-refractivity contribution in [3.63, 3.8) is 0 Å². The molecule has 0 aliphatic carbocycles. The minimum atomic E-state index is 0.0436. The predicted octanol–water partition coefficient (Wildman–Crippen LogP) is 4.10. The number of nitrogens with one attached hydrogen (secondary N) is 1. The fourth-order valence-electron chi connectivity index (χ4n) is 2.37. The zero-order chi connectivity index (χ0) is 16.9. The molecule has 2 aromatic carbocycles. The number of carbonyl (C=O) groups is 1. The average molecular weight is 319 g/mol. The molecule has 120 valence electrons. The maximum atomic E-state index is 11.3. The summed E-state index contributed by atoms with van der Waals surface area (Å²) in [6.45, 7) is 1.55. The smallest absolute Gasteiger partial charge is 0.159 e. The second-order valence-electron chi connectivity index (χ2n) is 5.25. The van der Waals surface area contributed by atoms with Crippen molar-refractivity contribution in [2.45, 2.75) is 6.92 Å². The normalized spacial score (nSPS) is 10.2. The van der Waals surface area contributed by atoms with Crippen molar-refractivity contribution < 1.29 is 9.53 Å². The molecule has 0 fully saturated rings. The number of anilines is 2. The van der Waals surface area contributed by atoms with E-state index in [1.54, 1.807) is 26.2 Å². The number of rotatable bonds is 5. The third-order valence-corrected chi connectivity index (χ3v) is 3.61. The van der Waals surface area contributed by atoms with E-state index in [1.807, 2.05) is 42.5 Å². The van der Waals surface area contributed by atoms with Crippen LogP contribution in [0.4, 0.5) is 11.5 Å². The van der Waals surface area contributed by atoms with Gasteiger partial charge in [-0.1, -0.05) is 12.1 Å². The number of ketones is 1. The van der Waals surface area contributed by atoms with E-state index in [4.69, 9.17) is 4.74 Å². The van der Waals surface area contributed by atoms with E-state index < -0.39 is 0 Å². The minimum Gasteiger partial charge on any atom is -0.496 e. The van der Waals surface area contributed by atoms with Gasteiger partial charge in [0.05, 0.1) is 12.8 Å². The Labute approximate surface area is 140 Å². The van der Waals surface area contributed by atoms with Crippen LogP contribution in [0.3, 0.4) is 0 Å². The molecule has 3 rings (SSSR count). The largest absolute Gasteiger partial charge is 0.496 e. The van der Waals surface area contributed by atoms with E-state index in [0.717, 1.165) is 22.7 Å². The lowest BCUT2D eigenvalue weighted by atomic mass is 10.1. The van der Waals surface area contributed by atoms with Gasteiger partial charge in [-0.05, 0) is 43.3 Å². The Morgan fingerprint density at radius 1 is 1.04 bits per heavy atom. The number of aromatic nitrogens is 2. The number of hydrogen-bond acceptors (Lipinski definition) is 5. The van der Waals surface area contributed by atoms with Crippen molar-refractivity contribution in [3.8, 4) is 17.0 Å². The summed E-state index contributed by atoms with van der Waals surface area (Å²) in [6.07, 6.45) is 1.51. The molecule has 3 aromatic rings. The number of nitrogens with zero attached hydrogens (tertiary/aromatic N) is 2. The highest BCUT2D eigenvalue weighted by Gasteiger charge is 2.08.